The monoisotopic (exact) mass is 171 g/mol. The molecule has 1 atom stereocenters. The molecule has 1 heterocycles. The molecule has 0 fully saturated rings. The van der Waals surface area contributed by atoms with Crippen molar-refractivity contribution in [3.05, 3.63) is 23.7 Å². The van der Waals surface area contributed by atoms with E-state index in [1.807, 2.05) is 26.1 Å². The molecule has 1 N–H and O–H groups in total. The van der Waals surface area contributed by atoms with Gasteiger partial charge in [-0.1, -0.05) is 0 Å². The van der Waals surface area contributed by atoms with Crippen LogP contribution in [0.5, 0.6) is 0 Å². The van der Waals surface area contributed by atoms with Crippen LogP contribution in [0.2, 0.25) is 0 Å². The van der Waals surface area contributed by atoms with E-state index in [0.717, 1.165) is 17.3 Å². The molecule has 1 aromatic rings. The smallest absolute Gasteiger partial charge is 0.121 e. The summed E-state index contributed by atoms with van der Waals surface area (Å²) in [6.45, 7) is 1.94. The average molecular weight is 171 g/mol. The fourth-order valence-electron chi connectivity index (χ4n) is 0.964. The van der Waals surface area contributed by atoms with Gasteiger partial charge in [0.15, 0.2) is 0 Å². The predicted octanol–water partition coefficient (Wildman–Crippen LogP) is 1.78. The van der Waals surface area contributed by atoms with Crippen LogP contribution in [0.4, 0.5) is 0 Å². The highest BCUT2D eigenvalue weighted by atomic mass is 32.1. The average Bonchev–Trinajstić information content (AvgIpc) is 2.39. The SMILES string of the molecule is CNC(CS)c1ccc(C)o1. The summed E-state index contributed by atoms with van der Waals surface area (Å²) < 4.78 is 5.42. The van der Waals surface area contributed by atoms with Crippen LogP contribution in [0.25, 0.3) is 0 Å². The minimum Gasteiger partial charge on any atom is -0.465 e. The van der Waals surface area contributed by atoms with Crippen molar-refractivity contribution in [1.82, 2.24) is 5.32 Å². The molecule has 0 spiro atoms. The summed E-state index contributed by atoms with van der Waals surface area (Å²) in [6, 6.07) is 4.17. The number of nitrogens with one attached hydrogen (secondary N) is 1. The first-order valence-electron chi connectivity index (χ1n) is 3.62. The summed E-state index contributed by atoms with van der Waals surface area (Å²) in [5.74, 6) is 2.66. The van der Waals surface area contributed by atoms with E-state index in [4.69, 9.17) is 4.42 Å². The third-order valence-corrected chi connectivity index (χ3v) is 2.00. The van der Waals surface area contributed by atoms with Gasteiger partial charge in [-0.05, 0) is 26.1 Å². The van der Waals surface area contributed by atoms with Gasteiger partial charge >= 0.3 is 0 Å². The Morgan fingerprint density at radius 1 is 1.64 bits per heavy atom. The first-order chi connectivity index (χ1) is 5.27. The standard InChI is InChI=1S/C8H13NOS/c1-6-3-4-8(10-6)7(5-11)9-2/h3-4,7,9,11H,5H2,1-2H3. The number of hydrogen-bond acceptors (Lipinski definition) is 3. The van der Waals surface area contributed by atoms with Gasteiger partial charge in [0.2, 0.25) is 0 Å². The molecule has 0 aromatic carbocycles. The normalized spacial score (nSPS) is 13.4. The number of thiol groups is 1. The maximum Gasteiger partial charge on any atom is 0.121 e. The van der Waals surface area contributed by atoms with E-state index in [-0.39, 0.29) is 6.04 Å². The second kappa shape index (κ2) is 3.83. The third kappa shape index (κ3) is 2.01. The zero-order valence-electron chi connectivity index (χ0n) is 6.79. The molecular weight excluding hydrogens is 158 g/mol. The van der Waals surface area contributed by atoms with E-state index in [9.17, 15) is 0 Å². The highest BCUT2D eigenvalue weighted by Gasteiger charge is 2.09. The maximum absolute atomic E-state index is 5.42. The second-order valence-corrected chi connectivity index (χ2v) is 2.84. The summed E-state index contributed by atoms with van der Waals surface area (Å²) in [7, 11) is 1.90. The molecule has 0 aliphatic heterocycles. The lowest BCUT2D eigenvalue weighted by Gasteiger charge is -2.08. The van der Waals surface area contributed by atoms with Crippen LogP contribution in [-0.2, 0) is 0 Å². The molecular formula is C8H13NOS. The van der Waals surface area contributed by atoms with Gasteiger partial charge in [-0.2, -0.15) is 12.6 Å². The summed E-state index contributed by atoms with van der Waals surface area (Å²) >= 11 is 4.19. The van der Waals surface area contributed by atoms with Gasteiger partial charge in [0.05, 0.1) is 6.04 Å². The minimum absolute atomic E-state index is 0.229. The highest BCUT2D eigenvalue weighted by molar-refractivity contribution is 7.80. The highest BCUT2D eigenvalue weighted by Crippen LogP contribution is 2.16. The van der Waals surface area contributed by atoms with E-state index in [0.29, 0.717) is 0 Å². The Labute approximate surface area is 72.4 Å². The van der Waals surface area contributed by atoms with Crippen LogP contribution in [-0.4, -0.2) is 12.8 Å². The lowest BCUT2D eigenvalue weighted by atomic mass is 10.2. The molecule has 3 heteroatoms. The Hall–Kier alpha value is -0.410. The second-order valence-electron chi connectivity index (χ2n) is 2.47. The van der Waals surface area contributed by atoms with Crippen molar-refractivity contribution in [2.24, 2.45) is 0 Å². The lowest BCUT2D eigenvalue weighted by molar-refractivity contribution is 0.435. The number of hydrogen-bond donors (Lipinski definition) is 2. The largest absolute Gasteiger partial charge is 0.465 e. The van der Waals surface area contributed by atoms with E-state index >= 15 is 0 Å². The molecule has 0 aliphatic rings. The van der Waals surface area contributed by atoms with Crippen LogP contribution >= 0.6 is 12.6 Å². The van der Waals surface area contributed by atoms with Crippen LogP contribution < -0.4 is 5.32 Å². The van der Waals surface area contributed by atoms with Gasteiger partial charge in [-0.25, -0.2) is 0 Å². The predicted molar refractivity (Wildman–Crippen MR) is 49.1 cm³/mol. The molecule has 1 unspecified atom stereocenters. The molecule has 0 radical (unpaired) electrons. The van der Waals surface area contributed by atoms with Gasteiger partial charge in [0.1, 0.15) is 11.5 Å². The van der Waals surface area contributed by atoms with Crippen molar-refractivity contribution in [3.63, 3.8) is 0 Å². The molecule has 0 amide bonds. The fraction of sp³-hybridized carbons (Fsp3) is 0.500. The molecule has 0 aliphatic carbocycles. The molecule has 0 saturated heterocycles. The molecule has 2 nitrogen and oxygen atoms in total. The van der Waals surface area contributed by atoms with E-state index < -0.39 is 0 Å². The molecule has 1 rings (SSSR count). The fourth-order valence-corrected chi connectivity index (χ4v) is 1.33. The summed E-state index contributed by atoms with van der Waals surface area (Å²) in [5, 5.41) is 3.11. The Bertz CT molecular complexity index is 218. The molecule has 1 aromatic heterocycles. The molecule has 62 valence electrons. The zero-order chi connectivity index (χ0) is 8.27. The summed E-state index contributed by atoms with van der Waals surface area (Å²) in [5.41, 5.74) is 0. The van der Waals surface area contributed by atoms with Gasteiger partial charge in [-0.15, -0.1) is 0 Å². The van der Waals surface area contributed by atoms with Gasteiger partial charge in [-0.3, -0.25) is 0 Å². The first kappa shape index (κ1) is 8.68. The van der Waals surface area contributed by atoms with Gasteiger partial charge < -0.3 is 9.73 Å². The molecule has 11 heavy (non-hydrogen) atoms. The van der Waals surface area contributed by atoms with E-state index in [2.05, 4.69) is 17.9 Å². The molecule has 0 saturated carbocycles. The van der Waals surface area contributed by atoms with Crippen LogP contribution in [0.1, 0.15) is 17.6 Å². The minimum atomic E-state index is 0.229. The Balaban J connectivity index is 2.73. The lowest BCUT2D eigenvalue weighted by Crippen LogP contribution is -2.16. The zero-order valence-corrected chi connectivity index (χ0v) is 7.69. The van der Waals surface area contributed by atoms with Crippen LogP contribution in [0.3, 0.4) is 0 Å². The Morgan fingerprint density at radius 3 is 2.73 bits per heavy atom. The topological polar surface area (TPSA) is 25.2 Å². The van der Waals surface area contributed by atoms with E-state index in [1.165, 1.54) is 0 Å². The van der Waals surface area contributed by atoms with Crippen molar-refractivity contribution in [2.45, 2.75) is 13.0 Å². The van der Waals surface area contributed by atoms with Gasteiger partial charge in [0.25, 0.3) is 0 Å². The van der Waals surface area contributed by atoms with Crippen molar-refractivity contribution < 1.29 is 4.42 Å². The Morgan fingerprint density at radius 2 is 2.36 bits per heavy atom. The number of aryl methyl sites for hydroxylation is 1. The van der Waals surface area contributed by atoms with Crippen LogP contribution in [0, 0.1) is 6.92 Å². The summed E-state index contributed by atoms with van der Waals surface area (Å²) in [4.78, 5) is 0. The van der Waals surface area contributed by atoms with Crippen molar-refractivity contribution in [1.29, 1.82) is 0 Å². The van der Waals surface area contributed by atoms with Crippen molar-refractivity contribution in [2.75, 3.05) is 12.8 Å². The maximum atomic E-state index is 5.42. The first-order valence-corrected chi connectivity index (χ1v) is 4.25. The third-order valence-electron chi connectivity index (χ3n) is 1.64. The Kier molecular flexibility index (Phi) is 3.02. The number of furan rings is 1. The summed E-state index contributed by atoms with van der Waals surface area (Å²) in [6.07, 6.45) is 0. The number of rotatable bonds is 3. The molecule has 0 bridgehead atoms. The van der Waals surface area contributed by atoms with Crippen LogP contribution in [0.15, 0.2) is 16.5 Å². The van der Waals surface area contributed by atoms with Crippen molar-refractivity contribution in [3.8, 4) is 0 Å². The quantitative estimate of drug-likeness (QED) is 0.678. The van der Waals surface area contributed by atoms with E-state index in [1.54, 1.807) is 0 Å². The van der Waals surface area contributed by atoms with Gasteiger partial charge in [0, 0.05) is 5.75 Å². The van der Waals surface area contributed by atoms with Crippen molar-refractivity contribution >= 4 is 12.6 Å².